The Morgan fingerprint density at radius 1 is 1.35 bits per heavy atom. The molecule has 8 heteroatoms. The highest BCUT2D eigenvalue weighted by molar-refractivity contribution is 5.81. The van der Waals surface area contributed by atoms with Crippen molar-refractivity contribution in [2.75, 3.05) is 20.6 Å². The van der Waals surface area contributed by atoms with Crippen LogP contribution in [-0.2, 0) is 9.59 Å². The van der Waals surface area contributed by atoms with Gasteiger partial charge in [-0.05, 0) is 6.92 Å². The fourth-order valence-corrected chi connectivity index (χ4v) is 1.11. The molecule has 100 valence electrons. The lowest BCUT2D eigenvalue weighted by Gasteiger charge is -2.21. The number of hydrogen-bond acceptors (Lipinski definition) is 3. The van der Waals surface area contributed by atoms with Crippen molar-refractivity contribution in [3.05, 3.63) is 0 Å². The number of alkyl halides is 3. The van der Waals surface area contributed by atoms with Gasteiger partial charge < -0.3 is 15.3 Å². The van der Waals surface area contributed by atoms with Crippen molar-refractivity contribution in [1.29, 1.82) is 0 Å². The number of hydrogen-bond donors (Lipinski definition) is 2. The van der Waals surface area contributed by atoms with Crippen LogP contribution in [0.25, 0.3) is 0 Å². The molecule has 0 spiro atoms. The van der Waals surface area contributed by atoms with E-state index in [0.717, 1.165) is 0 Å². The number of carbonyl (C=O) groups is 2. The normalized spacial score (nSPS) is 15.2. The molecule has 0 saturated heterocycles. The number of carboxylic acids is 1. The molecule has 0 aromatic carbocycles. The molecule has 0 aromatic heterocycles. The third-order valence-electron chi connectivity index (χ3n) is 2.13. The minimum absolute atomic E-state index is 0.420. The van der Waals surface area contributed by atoms with Crippen LogP contribution in [0.1, 0.15) is 6.92 Å². The van der Waals surface area contributed by atoms with E-state index in [-0.39, 0.29) is 0 Å². The molecule has 0 rings (SSSR count). The Kier molecular flexibility index (Phi) is 5.40. The first-order valence-electron chi connectivity index (χ1n) is 4.81. The second-order valence-corrected chi connectivity index (χ2v) is 3.80. The van der Waals surface area contributed by atoms with Crippen LogP contribution in [0.3, 0.4) is 0 Å². The van der Waals surface area contributed by atoms with Crippen LogP contribution in [0.15, 0.2) is 0 Å². The lowest BCUT2D eigenvalue weighted by atomic mass is 10.1. The zero-order chi connectivity index (χ0) is 13.8. The molecule has 1 amide bonds. The van der Waals surface area contributed by atoms with Gasteiger partial charge >= 0.3 is 12.1 Å². The van der Waals surface area contributed by atoms with Gasteiger partial charge in [-0.3, -0.25) is 9.59 Å². The number of carboxylic acid groups (broad SMARTS) is 1. The van der Waals surface area contributed by atoms with E-state index in [1.54, 1.807) is 0 Å². The zero-order valence-corrected chi connectivity index (χ0v) is 9.71. The van der Waals surface area contributed by atoms with Gasteiger partial charge in [-0.1, -0.05) is 0 Å². The average molecular weight is 256 g/mol. The Hall–Kier alpha value is -1.31. The molecule has 17 heavy (non-hydrogen) atoms. The number of carbonyl (C=O) groups excluding carboxylic acids is 1. The minimum Gasteiger partial charge on any atom is -0.481 e. The highest BCUT2D eigenvalue weighted by Crippen LogP contribution is 2.25. The van der Waals surface area contributed by atoms with E-state index in [9.17, 15) is 22.8 Å². The number of rotatable bonds is 5. The van der Waals surface area contributed by atoms with E-state index in [1.807, 2.05) is 0 Å². The Labute approximate surface area is 96.6 Å². The van der Waals surface area contributed by atoms with Gasteiger partial charge in [0, 0.05) is 20.6 Å². The Bertz CT molecular complexity index is 292. The van der Waals surface area contributed by atoms with Gasteiger partial charge in [0.1, 0.15) is 0 Å². The van der Waals surface area contributed by atoms with Crippen LogP contribution in [0, 0.1) is 5.92 Å². The van der Waals surface area contributed by atoms with Gasteiger partial charge in [-0.15, -0.1) is 0 Å². The lowest BCUT2D eigenvalue weighted by molar-refractivity contribution is -0.192. The molecule has 0 saturated carbocycles. The van der Waals surface area contributed by atoms with Crippen LogP contribution in [0.5, 0.6) is 0 Å². The molecule has 2 unspecified atom stereocenters. The van der Waals surface area contributed by atoms with Gasteiger partial charge in [-0.2, -0.15) is 13.2 Å². The first-order valence-corrected chi connectivity index (χ1v) is 4.81. The molecule has 0 aliphatic heterocycles. The summed E-state index contributed by atoms with van der Waals surface area (Å²) in [5.74, 6) is -4.90. The summed E-state index contributed by atoms with van der Waals surface area (Å²) >= 11 is 0. The van der Waals surface area contributed by atoms with Gasteiger partial charge in [0.05, 0.1) is 6.04 Å². The van der Waals surface area contributed by atoms with Crippen LogP contribution in [0.2, 0.25) is 0 Å². The molecule has 5 nitrogen and oxygen atoms in total. The van der Waals surface area contributed by atoms with Crippen molar-refractivity contribution < 1.29 is 27.9 Å². The van der Waals surface area contributed by atoms with Crippen molar-refractivity contribution in [3.63, 3.8) is 0 Å². The van der Waals surface area contributed by atoms with Crippen LogP contribution >= 0.6 is 0 Å². The number of nitrogens with zero attached hydrogens (tertiary/aromatic N) is 1. The maximum absolute atomic E-state index is 12.3. The summed E-state index contributed by atoms with van der Waals surface area (Å²) in [6, 6.07) is -0.866. The summed E-state index contributed by atoms with van der Waals surface area (Å²) in [5, 5.41) is 10.7. The summed E-state index contributed by atoms with van der Waals surface area (Å²) < 4.78 is 36.8. The summed E-state index contributed by atoms with van der Waals surface area (Å²) in [7, 11) is 2.91. The molecular weight excluding hydrogens is 241 g/mol. The minimum atomic E-state index is -4.83. The fraction of sp³-hybridized carbons (Fsp3) is 0.778. The molecule has 0 bridgehead atoms. The molecule has 0 aliphatic rings. The molecule has 0 heterocycles. The average Bonchev–Trinajstić information content (AvgIpc) is 2.13. The molecule has 0 fully saturated rings. The van der Waals surface area contributed by atoms with Crippen molar-refractivity contribution >= 4 is 11.9 Å². The van der Waals surface area contributed by atoms with Crippen LogP contribution < -0.4 is 5.32 Å². The fourth-order valence-electron chi connectivity index (χ4n) is 1.11. The number of nitrogens with one attached hydrogen (secondary N) is 1. The summed E-state index contributed by atoms with van der Waals surface area (Å²) in [6.45, 7) is 0.539. The second kappa shape index (κ2) is 5.85. The first-order chi connectivity index (χ1) is 7.57. The number of aliphatic carboxylic acids is 1. The van der Waals surface area contributed by atoms with E-state index in [2.05, 4.69) is 5.32 Å². The summed E-state index contributed by atoms with van der Waals surface area (Å²) in [5.41, 5.74) is 0. The van der Waals surface area contributed by atoms with Gasteiger partial charge in [-0.25, -0.2) is 0 Å². The highest BCUT2D eigenvalue weighted by atomic mass is 19.4. The predicted octanol–water partition coefficient (Wildman–Crippen LogP) is 0.316. The zero-order valence-electron chi connectivity index (χ0n) is 9.71. The van der Waals surface area contributed by atoms with Crippen molar-refractivity contribution in [2.45, 2.75) is 19.1 Å². The predicted molar refractivity (Wildman–Crippen MR) is 53.3 cm³/mol. The Morgan fingerprint density at radius 3 is 2.12 bits per heavy atom. The van der Waals surface area contributed by atoms with Gasteiger partial charge in [0.15, 0.2) is 5.92 Å². The van der Waals surface area contributed by atoms with E-state index in [0.29, 0.717) is 0 Å². The van der Waals surface area contributed by atoms with E-state index >= 15 is 0 Å². The van der Waals surface area contributed by atoms with E-state index in [4.69, 9.17) is 5.11 Å². The van der Waals surface area contributed by atoms with Crippen LogP contribution in [-0.4, -0.2) is 54.7 Å². The monoisotopic (exact) mass is 256 g/mol. The standard InChI is InChI=1S/C9H15F3N2O3/c1-5(7(15)14(2)3)13-4-6(8(16)17)9(10,11)12/h5-6,13H,4H2,1-3H3,(H,16,17). The third kappa shape index (κ3) is 5.03. The second-order valence-electron chi connectivity index (χ2n) is 3.80. The number of halogens is 3. The molecular formula is C9H15F3N2O3. The third-order valence-corrected chi connectivity index (χ3v) is 2.13. The summed E-state index contributed by atoms with van der Waals surface area (Å²) in [6.07, 6.45) is -4.83. The largest absolute Gasteiger partial charge is 0.481 e. The van der Waals surface area contributed by atoms with Crippen LogP contribution in [0.4, 0.5) is 13.2 Å². The van der Waals surface area contributed by atoms with Crippen molar-refractivity contribution in [1.82, 2.24) is 10.2 Å². The topological polar surface area (TPSA) is 69.6 Å². The number of likely N-dealkylation sites (N-methyl/N-ethyl adjacent to an activating group) is 1. The van der Waals surface area contributed by atoms with Gasteiger partial charge in [0.25, 0.3) is 0 Å². The quantitative estimate of drug-likeness (QED) is 0.743. The Balaban J connectivity index is 4.43. The molecule has 0 aromatic rings. The van der Waals surface area contributed by atoms with E-state index < -0.39 is 36.6 Å². The van der Waals surface area contributed by atoms with E-state index in [1.165, 1.54) is 25.9 Å². The molecule has 0 aliphatic carbocycles. The molecule has 2 atom stereocenters. The summed E-state index contributed by atoms with van der Waals surface area (Å²) in [4.78, 5) is 22.9. The maximum Gasteiger partial charge on any atom is 0.403 e. The van der Waals surface area contributed by atoms with Crippen molar-refractivity contribution in [3.8, 4) is 0 Å². The lowest BCUT2D eigenvalue weighted by Crippen LogP contribution is -2.47. The SMILES string of the molecule is CC(NCC(C(=O)O)C(F)(F)F)C(=O)N(C)C. The number of amides is 1. The maximum atomic E-state index is 12.3. The molecule has 0 radical (unpaired) electrons. The highest BCUT2D eigenvalue weighted by Gasteiger charge is 2.45. The van der Waals surface area contributed by atoms with Gasteiger partial charge in [0.2, 0.25) is 5.91 Å². The van der Waals surface area contributed by atoms with Crippen molar-refractivity contribution in [2.24, 2.45) is 5.92 Å². The Morgan fingerprint density at radius 2 is 1.82 bits per heavy atom. The smallest absolute Gasteiger partial charge is 0.403 e. The first kappa shape index (κ1) is 15.7. The molecule has 2 N–H and O–H groups in total.